The number of likely N-dealkylation sites (tertiary alicyclic amines) is 1. The van der Waals surface area contributed by atoms with Gasteiger partial charge in [0, 0.05) is 30.4 Å². The van der Waals surface area contributed by atoms with E-state index in [2.05, 4.69) is 15.2 Å². The molecule has 3 aromatic rings. The van der Waals surface area contributed by atoms with Crippen molar-refractivity contribution in [2.24, 2.45) is 5.92 Å². The Morgan fingerprint density at radius 2 is 2.00 bits per heavy atom. The molecule has 0 saturated carbocycles. The molecule has 0 spiro atoms. The third-order valence-corrected chi connectivity index (χ3v) is 5.46. The van der Waals surface area contributed by atoms with Crippen molar-refractivity contribution in [3.05, 3.63) is 69.8 Å². The number of H-pyrrole nitrogens is 2. The molecule has 1 aromatic carbocycles. The van der Waals surface area contributed by atoms with Crippen LogP contribution in [0.4, 0.5) is 0 Å². The number of nitrogens with zero attached hydrogens (tertiary/aromatic N) is 2. The molecular formula is C22H24N4O4. The number of carbonyl (C=O) groups excluding carboxylic acids is 1. The van der Waals surface area contributed by atoms with Crippen molar-refractivity contribution in [1.82, 2.24) is 20.1 Å². The zero-order valence-corrected chi connectivity index (χ0v) is 16.9. The number of aromatic amines is 2. The normalized spacial score (nSPS) is 18.6. The number of nitrogens with one attached hydrogen (secondary N) is 2. The van der Waals surface area contributed by atoms with Gasteiger partial charge >= 0.3 is 0 Å². The first-order valence-corrected chi connectivity index (χ1v) is 9.80. The van der Waals surface area contributed by atoms with Crippen molar-refractivity contribution < 1.29 is 14.6 Å². The SMILES string of the molecule is COc1ccc(-c2ccc(C(=O)N3C[C@@H](Cc4cc(C)[nH]n4)[C@@H](O)C3)c(=O)[nH]2)cc1. The number of rotatable bonds is 5. The number of aryl methyl sites for hydroxylation is 1. The molecule has 2 aromatic heterocycles. The Hall–Kier alpha value is -3.39. The van der Waals surface area contributed by atoms with Crippen LogP contribution in [0.2, 0.25) is 0 Å². The monoisotopic (exact) mass is 408 g/mol. The van der Waals surface area contributed by atoms with E-state index in [0.29, 0.717) is 18.7 Å². The van der Waals surface area contributed by atoms with E-state index < -0.39 is 11.7 Å². The summed E-state index contributed by atoms with van der Waals surface area (Å²) in [5.41, 5.74) is 2.86. The summed E-state index contributed by atoms with van der Waals surface area (Å²) in [7, 11) is 1.59. The number of aromatic nitrogens is 3. The van der Waals surface area contributed by atoms with Crippen LogP contribution in [0.1, 0.15) is 21.7 Å². The Bertz CT molecular complexity index is 1100. The first kappa shape index (κ1) is 19.9. The maximum Gasteiger partial charge on any atom is 0.261 e. The predicted molar refractivity (Wildman–Crippen MR) is 111 cm³/mol. The van der Waals surface area contributed by atoms with Gasteiger partial charge in [-0.15, -0.1) is 0 Å². The molecule has 8 heteroatoms. The lowest BCUT2D eigenvalue weighted by Gasteiger charge is -2.16. The molecule has 0 radical (unpaired) electrons. The Kier molecular flexibility index (Phi) is 5.41. The lowest BCUT2D eigenvalue weighted by Crippen LogP contribution is -2.33. The minimum atomic E-state index is -0.649. The highest BCUT2D eigenvalue weighted by molar-refractivity contribution is 5.94. The third kappa shape index (κ3) is 3.99. The van der Waals surface area contributed by atoms with Crippen LogP contribution >= 0.6 is 0 Å². The standard InChI is InChI=1S/C22H24N4O4/c1-13-9-16(25-24-13)10-15-11-26(12-20(15)27)22(29)18-7-8-19(23-21(18)28)14-3-5-17(30-2)6-4-14/h3-9,15,20,27H,10-12H2,1-2H3,(H,23,28)(H,24,25)/t15-,20+/m1/s1. The molecule has 156 valence electrons. The number of pyridine rings is 1. The Labute approximate surface area is 173 Å². The largest absolute Gasteiger partial charge is 0.497 e. The van der Waals surface area contributed by atoms with Gasteiger partial charge in [-0.25, -0.2) is 0 Å². The van der Waals surface area contributed by atoms with Gasteiger partial charge in [0.1, 0.15) is 11.3 Å². The van der Waals surface area contributed by atoms with Gasteiger partial charge in [-0.1, -0.05) is 0 Å². The minimum Gasteiger partial charge on any atom is -0.497 e. The number of benzene rings is 1. The number of ether oxygens (including phenoxy) is 1. The summed E-state index contributed by atoms with van der Waals surface area (Å²) in [4.78, 5) is 29.8. The van der Waals surface area contributed by atoms with E-state index >= 15 is 0 Å². The molecule has 0 aliphatic carbocycles. The molecule has 1 fully saturated rings. The Morgan fingerprint density at radius 3 is 2.63 bits per heavy atom. The highest BCUT2D eigenvalue weighted by Crippen LogP contribution is 2.23. The fourth-order valence-electron chi connectivity index (χ4n) is 3.82. The molecule has 8 nitrogen and oxygen atoms in total. The molecule has 3 heterocycles. The fraction of sp³-hybridized carbons (Fsp3) is 0.318. The van der Waals surface area contributed by atoms with Crippen molar-refractivity contribution in [2.45, 2.75) is 19.4 Å². The Morgan fingerprint density at radius 1 is 1.23 bits per heavy atom. The molecular weight excluding hydrogens is 384 g/mol. The van der Waals surface area contributed by atoms with Gasteiger partial charge in [0.05, 0.1) is 18.9 Å². The molecule has 1 aliphatic heterocycles. The number of β-amino-alcohol motifs (C(OH)–C–C–N with tert-alkyl or cyclic N) is 1. The molecule has 4 rings (SSSR count). The van der Waals surface area contributed by atoms with Crippen molar-refractivity contribution in [2.75, 3.05) is 20.2 Å². The number of hydrogen-bond acceptors (Lipinski definition) is 5. The maximum atomic E-state index is 12.9. The number of hydrogen-bond donors (Lipinski definition) is 3. The van der Waals surface area contributed by atoms with Crippen molar-refractivity contribution in [3.8, 4) is 17.0 Å². The summed E-state index contributed by atoms with van der Waals surface area (Å²) >= 11 is 0. The first-order chi connectivity index (χ1) is 14.4. The lowest BCUT2D eigenvalue weighted by molar-refractivity contribution is 0.0763. The second kappa shape index (κ2) is 8.16. The second-order valence-electron chi connectivity index (χ2n) is 7.63. The van der Waals surface area contributed by atoms with Gasteiger partial charge in [-0.2, -0.15) is 5.10 Å². The lowest BCUT2D eigenvalue weighted by atomic mass is 10.0. The number of aliphatic hydroxyl groups is 1. The van der Waals surface area contributed by atoms with Crippen LogP contribution in [0.3, 0.4) is 0 Å². The smallest absolute Gasteiger partial charge is 0.261 e. The van der Waals surface area contributed by atoms with Crippen LogP contribution in [-0.4, -0.2) is 57.4 Å². The summed E-state index contributed by atoms with van der Waals surface area (Å²) in [6.45, 7) is 2.50. The molecule has 1 saturated heterocycles. The van der Waals surface area contributed by atoms with Gasteiger partial charge in [0.25, 0.3) is 11.5 Å². The predicted octanol–water partition coefficient (Wildman–Crippen LogP) is 1.76. The van der Waals surface area contributed by atoms with E-state index in [0.717, 1.165) is 22.7 Å². The fourth-order valence-corrected chi connectivity index (χ4v) is 3.82. The van der Waals surface area contributed by atoms with E-state index in [-0.39, 0.29) is 23.9 Å². The van der Waals surface area contributed by atoms with E-state index in [9.17, 15) is 14.7 Å². The van der Waals surface area contributed by atoms with Crippen molar-refractivity contribution in [1.29, 1.82) is 0 Å². The molecule has 0 bridgehead atoms. The van der Waals surface area contributed by atoms with Gasteiger partial charge in [0.15, 0.2) is 0 Å². The molecule has 0 unspecified atom stereocenters. The highest BCUT2D eigenvalue weighted by atomic mass is 16.5. The Balaban J connectivity index is 1.48. The second-order valence-corrected chi connectivity index (χ2v) is 7.63. The van der Waals surface area contributed by atoms with Gasteiger partial charge in [0.2, 0.25) is 0 Å². The molecule has 2 atom stereocenters. The van der Waals surface area contributed by atoms with Gasteiger partial charge in [-0.05, 0) is 61.4 Å². The third-order valence-electron chi connectivity index (χ3n) is 5.46. The van der Waals surface area contributed by atoms with Crippen molar-refractivity contribution in [3.63, 3.8) is 0 Å². The minimum absolute atomic E-state index is 0.0655. The van der Waals surface area contributed by atoms with Gasteiger partial charge in [-0.3, -0.25) is 14.7 Å². The van der Waals surface area contributed by atoms with Crippen LogP contribution in [-0.2, 0) is 6.42 Å². The molecule has 3 N–H and O–H groups in total. The zero-order valence-electron chi connectivity index (χ0n) is 16.9. The average molecular weight is 408 g/mol. The quantitative estimate of drug-likeness (QED) is 0.596. The molecule has 1 aliphatic rings. The number of methoxy groups -OCH3 is 1. The van der Waals surface area contributed by atoms with E-state index in [1.54, 1.807) is 25.3 Å². The topological polar surface area (TPSA) is 111 Å². The van der Waals surface area contributed by atoms with E-state index in [4.69, 9.17) is 4.74 Å². The summed E-state index contributed by atoms with van der Waals surface area (Å²) in [6, 6.07) is 12.5. The van der Waals surface area contributed by atoms with Crippen LogP contribution in [0.25, 0.3) is 11.3 Å². The van der Waals surface area contributed by atoms with Crippen LogP contribution in [0, 0.1) is 12.8 Å². The van der Waals surface area contributed by atoms with Crippen molar-refractivity contribution >= 4 is 5.91 Å². The summed E-state index contributed by atoms with van der Waals surface area (Å²) in [5, 5.41) is 17.5. The van der Waals surface area contributed by atoms with E-state index in [1.807, 2.05) is 25.1 Å². The van der Waals surface area contributed by atoms with E-state index in [1.165, 1.54) is 11.0 Å². The summed E-state index contributed by atoms with van der Waals surface area (Å²) in [5.74, 6) is 0.228. The molecule has 30 heavy (non-hydrogen) atoms. The zero-order chi connectivity index (χ0) is 21.3. The summed E-state index contributed by atoms with van der Waals surface area (Å²) in [6.07, 6.45) is -0.0780. The molecule has 1 amide bonds. The van der Waals surface area contributed by atoms with Crippen LogP contribution in [0.15, 0.2) is 47.3 Å². The first-order valence-electron chi connectivity index (χ1n) is 9.80. The number of carbonyl (C=O) groups is 1. The van der Waals surface area contributed by atoms with Crippen LogP contribution in [0.5, 0.6) is 5.75 Å². The van der Waals surface area contributed by atoms with Crippen LogP contribution < -0.4 is 10.3 Å². The average Bonchev–Trinajstić information content (AvgIpc) is 3.33. The highest BCUT2D eigenvalue weighted by Gasteiger charge is 2.35. The van der Waals surface area contributed by atoms with Gasteiger partial charge < -0.3 is 19.7 Å². The maximum absolute atomic E-state index is 12.9. The summed E-state index contributed by atoms with van der Waals surface area (Å²) < 4.78 is 5.14. The number of aliphatic hydroxyl groups excluding tert-OH is 1. The number of amides is 1.